The van der Waals surface area contributed by atoms with Gasteiger partial charge in [-0.2, -0.15) is 0 Å². The van der Waals surface area contributed by atoms with Crippen LogP contribution in [0.3, 0.4) is 0 Å². The van der Waals surface area contributed by atoms with E-state index in [0.29, 0.717) is 12.4 Å². The minimum absolute atomic E-state index is 0. The van der Waals surface area contributed by atoms with Crippen molar-refractivity contribution in [2.45, 2.75) is 78.3 Å². The van der Waals surface area contributed by atoms with Crippen LogP contribution in [0.15, 0.2) is 43.2 Å². The number of hydrogen-bond acceptors (Lipinski definition) is 6. The minimum atomic E-state index is -1.72. The summed E-state index contributed by atoms with van der Waals surface area (Å²) in [7, 11) is 14.8. The van der Waals surface area contributed by atoms with Gasteiger partial charge in [-0.1, -0.05) is 26.2 Å². The number of ether oxygens (including phenoxy) is 3. The summed E-state index contributed by atoms with van der Waals surface area (Å²) < 4.78 is 15.2. The molecular weight excluding hydrogens is 720 g/mol. The molecule has 5 aliphatic rings. The van der Waals surface area contributed by atoms with Crippen molar-refractivity contribution in [1.82, 2.24) is 0 Å². The first kappa shape index (κ1) is 53.9. The number of carbonyl (C=O) groups excluding carboxylic acids is 3. The fourth-order valence-electron chi connectivity index (χ4n) is 3.46. The van der Waals surface area contributed by atoms with Crippen LogP contribution >= 0.6 is 30.1 Å². The van der Waals surface area contributed by atoms with E-state index in [1.54, 1.807) is 25.3 Å². The fourth-order valence-corrected chi connectivity index (χ4v) is 3.46. The van der Waals surface area contributed by atoms with Crippen molar-refractivity contribution < 1.29 is 50.4 Å². The summed E-state index contributed by atoms with van der Waals surface area (Å²) in [4.78, 5) is 29.7. The molecule has 4 bridgehead atoms. The van der Waals surface area contributed by atoms with Crippen LogP contribution in [0.2, 0.25) is 0 Å². The molecule has 0 amide bonds. The molecule has 3 fully saturated rings. The molecule has 11 heteroatoms. The third-order valence-electron chi connectivity index (χ3n) is 5.00. The van der Waals surface area contributed by atoms with E-state index >= 15 is 0 Å². The van der Waals surface area contributed by atoms with Crippen LogP contribution in [0.5, 0.6) is 0 Å². The van der Waals surface area contributed by atoms with Gasteiger partial charge in [0, 0.05) is 33.7 Å². The summed E-state index contributed by atoms with van der Waals surface area (Å²) in [6, 6.07) is 0. The van der Waals surface area contributed by atoms with Crippen molar-refractivity contribution in [2.24, 2.45) is 11.8 Å². The zero-order valence-electron chi connectivity index (χ0n) is 24.4. The van der Waals surface area contributed by atoms with Gasteiger partial charge < -0.3 is 26.5 Å². The molecule has 3 saturated heterocycles. The molecule has 0 spiro atoms. The summed E-state index contributed by atoms with van der Waals surface area (Å²) in [5.41, 5.74) is 0. The van der Waals surface area contributed by atoms with Crippen molar-refractivity contribution in [2.75, 3.05) is 0 Å². The molecule has 0 N–H and O–H groups in total. The summed E-state index contributed by atoms with van der Waals surface area (Å²) in [6.07, 6.45) is 33.2. The van der Waals surface area contributed by atoms with Crippen molar-refractivity contribution in [3.63, 3.8) is 0 Å². The minimum Gasteiger partial charge on any atom is -0.374 e. The Bertz CT molecular complexity index is 888. The van der Waals surface area contributed by atoms with E-state index in [1.807, 2.05) is 26.0 Å². The van der Waals surface area contributed by atoms with Crippen LogP contribution in [-0.4, -0.2) is 54.7 Å². The van der Waals surface area contributed by atoms with Crippen molar-refractivity contribution in [3.05, 3.63) is 56.9 Å². The Morgan fingerprint density at radius 2 is 1.51 bits per heavy atom. The third-order valence-corrected chi connectivity index (χ3v) is 5.00. The number of rotatable bonds is 3. The van der Waals surface area contributed by atoms with Gasteiger partial charge in [-0.3, -0.25) is 9.53 Å². The molecule has 244 valence electrons. The van der Waals surface area contributed by atoms with Gasteiger partial charge in [-0.25, -0.2) is 30.1 Å². The maximum absolute atomic E-state index is 10.3. The second kappa shape index (κ2) is 40.3. The van der Waals surface area contributed by atoms with Crippen LogP contribution in [0, 0.1) is 62.6 Å². The molecule has 0 aromatic carbocycles. The predicted molar refractivity (Wildman–Crippen MR) is 180 cm³/mol. The first-order valence-electron chi connectivity index (χ1n) is 12.1. The first-order valence-corrected chi connectivity index (χ1v) is 17.3. The predicted octanol–water partition coefficient (Wildman–Crippen LogP) is 7.44. The molecule has 5 heterocycles. The molecule has 6 nitrogen and oxygen atoms in total. The van der Waals surface area contributed by atoms with E-state index in [0.717, 1.165) is 31.8 Å². The summed E-state index contributed by atoms with van der Waals surface area (Å²) in [5, 5.41) is 0. The Kier molecular flexibility index (Phi) is 50.5. The SMILES string of the molecule is C.C#C.C#CC.C=CC=O.CC#CC.O=CC1CC2C=CC1O2.O=CC1CC2CCC1O2.[C+]1=CC=CO1.[CH3-].[Cl][Al]([Cl])[Cl].[HH].[Pd]. The number of aldehydes is 3. The molecule has 6 atom stereocenters. The van der Waals surface area contributed by atoms with Gasteiger partial charge in [-0.05, 0) is 52.5 Å². The van der Waals surface area contributed by atoms with Gasteiger partial charge in [0.25, 0.3) is 6.26 Å². The largest absolute Gasteiger partial charge is 0.643 e. The van der Waals surface area contributed by atoms with Crippen molar-refractivity contribution >= 4 is 60.4 Å². The molecule has 0 aliphatic carbocycles. The summed E-state index contributed by atoms with van der Waals surface area (Å²) in [6.45, 7) is 8.40. The second-order valence-electron chi connectivity index (χ2n) is 7.61. The van der Waals surface area contributed by atoms with Gasteiger partial charge in [-0.15, -0.1) is 37.0 Å². The maximum atomic E-state index is 10.3. The average Bonchev–Trinajstić information content (AvgIpc) is 3.82. The third kappa shape index (κ3) is 31.6. The number of fused-ring (bicyclic) bond motifs is 4. The molecule has 5 aliphatic heterocycles. The first-order chi connectivity index (χ1) is 19.3. The van der Waals surface area contributed by atoms with E-state index in [4.69, 9.17) is 44.4 Å². The van der Waals surface area contributed by atoms with E-state index in [2.05, 4.69) is 54.6 Å². The monoisotopic (exact) mass is 764 g/mol. The standard InChI is InChI=1S/C7H10O2.C7H8O2.C4H3O.C4H6.C3H4O.C3H4.C2H2.CH4.CH3.Al.3ClH.Pd.H2/c2*8-4-5-3-6-1-2-7(5)9-6;1-2-4-5-3-1;1-3-4-2;1-2-3-4;1-3-2;1-2;;;;;;;;/h4-7H,1-3H2;1-2,4-7H,3H2;1-3H;1-2H3;2-3H,1H2;1H,2H3;1-2H;1H4;1H3;;3*1H;;1H/q;;+1;;;;;;-1;+3;;;;;/p-3. The molecule has 0 saturated carbocycles. The number of hydrogen-bond donors (Lipinski definition) is 0. The van der Waals surface area contributed by atoms with E-state index in [-0.39, 0.29) is 66.9 Å². The van der Waals surface area contributed by atoms with Crippen LogP contribution in [-0.2, 0) is 49.0 Å². The maximum Gasteiger partial charge on any atom is 0.643 e. The van der Waals surface area contributed by atoms with Crippen LogP contribution < -0.4 is 0 Å². The fraction of sp³-hybridized carbons (Fsp3) is 0.438. The zero-order chi connectivity index (χ0) is 31.2. The molecule has 0 aromatic heterocycles. The van der Waals surface area contributed by atoms with Crippen molar-refractivity contribution in [1.29, 1.82) is 0 Å². The summed E-state index contributed by atoms with van der Waals surface area (Å²) in [5.74, 6) is 7.98. The van der Waals surface area contributed by atoms with Gasteiger partial charge in [0.2, 0.25) is 6.26 Å². The average molecular weight is 766 g/mol. The molecule has 0 aromatic rings. The Balaban J connectivity index is -0.0000000738. The van der Waals surface area contributed by atoms with Gasteiger partial charge >= 0.3 is 11.4 Å². The Morgan fingerprint density at radius 1 is 1.00 bits per heavy atom. The van der Waals surface area contributed by atoms with Crippen LogP contribution in [0.1, 0.15) is 55.3 Å². The summed E-state index contributed by atoms with van der Waals surface area (Å²) >= 11 is -1.72. The van der Waals surface area contributed by atoms with Crippen LogP contribution in [0.4, 0.5) is 0 Å². The Labute approximate surface area is 293 Å². The number of allylic oxidation sites excluding steroid dienone is 3. The van der Waals surface area contributed by atoms with E-state index < -0.39 is 11.4 Å². The van der Waals surface area contributed by atoms with Crippen molar-refractivity contribution in [3.8, 4) is 37.0 Å². The smallest absolute Gasteiger partial charge is 0.374 e. The normalized spacial score (nSPS) is 23.0. The Morgan fingerprint density at radius 3 is 1.67 bits per heavy atom. The zero-order valence-corrected chi connectivity index (χ0v) is 29.4. The van der Waals surface area contributed by atoms with E-state index in [1.165, 1.54) is 12.5 Å². The number of terminal acetylenes is 2. The number of halogens is 3. The molecule has 6 unspecified atom stereocenters. The molecule has 0 radical (unpaired) electrons. The molecule has 43 heavy (non-hydrogen) atoms. The number of carbonyl (C=O) groups is 3. The molecule has 5 rings (SSSR count). The van der Waals surface area contributed by atoms with Gasteiger partial charge in [0.15, 0.2) is 6.08 Å². The van der Waals surface area contributed by atoms with Gasteiger partial charge in [0.05, 0.1) is 24.4 Å². The van der Waals surface area contributed by atoms with E-state index in [9.17, 15) is 9.59 Å². The van der Waals surface area contributed by atoms with Gasteiger partial charge in [0.1, 0.15) is 24.9 Å². The topological polar surface area (TPSA) is 78.9 Å². The van der Waals surface area contributed by atoms with Crippen LogP contribution in [0.25, 0.3) is 0 Å². The quantitative estimate of drug-likeness (QED) is 0.0743. The second-order valence-corrected chi connectivity index (χ2v) is 14.0. The Hall–Kier alpha value is -1.66. The molecular formula is C32H46AlCl3O6Pd.